The van der Waals surface area contributed by atoms with Gasteiger partial charge in [-0.15, -0.1) is 0 Å². The molecule has 7 nitrogen and oxygen atoms in total. The Kier molecular flexibility index (Phi) is 4.82. The normalized spacial score (nSPS) is 18.2. The summed E-state index contributed by atoms with van der Waals surface area (Å²) in [5.41, 5.74) is 3.73. The number of fused-ring (bicyclic) bond motifs is 1. The molecule has 0 radical (unpaired) electrons. The van der Waals surface area contributed by atoms with Crippen molar-refractivity contribution in [2.45, 2.75) is 25.4 Å². The predicted molar refractivity (Wildman–Crippen MR) is 115 cm³/mol. The molecule has 2 aromatic carbocycles. The van der Waals surface area contributed by atoms with Gasteiger partial charge < -0.3 is 4.90 Å². The molecule has 1 unspecified atom stereocenters. The molecular formula is C23H18ClFN4O3. The van der Waals surface area contributed by atoms with Gasteiger partial charge in [-0.1, -0.05) is 17.7 Å². The van der Waals surface area contributed by atoms with E-state index in [0.29, 0.717) is 33.8 Å². The molecule has 2 aliphatic heterocycles. The fourth-order valence-corrected chi connectivity index (χ4v) is 4.55. The maximum absolute atomic E-state index is 14.6. The molecule has 1 aromatic heterocycles. The van der Waals surface area contributed by atoms with Crippen LogP contribution in [0.1, 0.15) is 28.8 Å². The van der Waals surface area contributed by atoms with Crippen LogP contribution >= 0.6 is 11.6 Å². The smallest absolute Gasteiger partial charge is 0.255 e. The van der Waals surface area contributed by atoms with Gasteiger partial charge in [0.2, 0.25) is 11.8 Å². The Hall–Kier alpha value is -3.52. The molecule has 32 heavy (non-hydrogen) atoms. The van der Waals surface area contributed by atoms with Crippen molar-refractivity contribution in [3.05, 3.63) is 64.6 Å². The van der Waals surface area contributed by atoms with Crippen LogP contribution in [0.15, 0.2) is 42.6 Å². The van der Waals surface area contributed by atoms with E-state index in [2.05, 4.69) is 10.4 Å². The highest BCUT2D eigenvalue weighted by atomic mass is 35.5. The Morgan fingerprint density at radius 2 is 1.88 bits per heavy atom. The van der Waals surface area contributed by atoms with Gasteiger partial charge in [0.15, 0.2) is 0 Å². The Morgan fingerprint density at radius 3 is 2.62 bits per heavy atom. The van der Waals surface area contributed by atoms with E-state index in [9.17, 15) is 18.8 Å². The number of carbonyl (C=O) groups excluding carboxylic acids is 3. The zero-order chi connectivity index (χ0) is 22.6. The number of hydrogen-bond donors (Lipinski definition) is 1. The van der Waals surface area contributed by atoms with Crippen LogP contribution in [-0.2, 0) is 23.2 Å². The van der Waals surface area contributed by atoms with Crippen LogP contribution in [0.4, 0.5) is 4.39 Å². The van der Waals surface area contributed by atoms with Crippen LogP contribution in [-0.4, -0.2) is 38.4 Å². The molecule has 0 bridgehead atoms. The third-order valence-electron chi connectivity index (χ3n) is 5.96. The summed E-state index contributed by atoms with van der Waals surface area (Å²) >= 11 is 5.90. The van der Waals surface area contributed by atoms with Gasteiger partial charge in [0.05, 0.1) is 11.9 Å². The molecule has 162 valence electrons. The van der Waals surface area contributed by atoms with Crippen molar-refractivity contribution >= 4 is 29.3 Å². The molecule has 1 atom stereocenters. The van der Waals surface area contributed by atoms with Gasteiger partial charge in [-0.25, -0.2) is 4.39 Å². The second kappa shape index (κ2) is 7.56. The van der Waals surface area contributed by atoms with Crippen molar-refractivity contribution in [2.24, 2.45) is 7.05 Å². The van der Waals surface area contributed by atoms with Crippen molar-refractivity contribution in [1.82, 2.24) is 20.0 Å². The second-order valence-electron chi connectivity index (χ2n) is 7.93. The van der Waals surface area contributed by atoms with E-state index in [1.807, 2.05) is 6.07 Å². The lowest BCUT2D eigenvalue weighted by Gasteiger charge is -2.29. The lowest BCUT2D eigenvalue weighted by Crippen LogP contribution is -2.52. The summed E-state index contributed by atoms with van der Waals surface area (Å²) in [6.45, 7) is 0.263. The van der Waals surface area contributed by atoms with Gasteiger partial charge in [0.25, 0.3) is 5.91 Å². The van der Waals surface area contributed by atoms with E-state index in [1.54, 1.807) is 42.2 Å². The maximum Gasteiger partial charge on any atom is 0.255 e. The number of hydrogen-bond acceptors (Lipinski definition) is 4. The van der Waals surface area contributed by atoms with Crippen molar-refractivity contribution in [1.29, 1.82) is 0 Å². The van der Waals surface area contributed by atoms with Crippen molar-refractivity contribution in [3.63, 3.8) is 0 Å². The summed E-state index contributed by atoms with van der Waals surface area (Å²) in [6.07, 6.45) is 2.16. The van der Waals surface area contributed by atoms with Crippen LogP contribution in [0, 0.1) is 5.82 Å². The largest absolute Gasteiger partial charge is 0.322 e. The first-order chi connectivity index (χ1) is 15.3. The molecule has 0 saturated carbocycles. The summed E-state index contributed by atoms with van der Waals surface area (Å²) in [5, 5.41) is 6.91. The van der Waals surface area contributed by atoms with Gasteiger partial charge in [0.1, 0.15) is 11.9 Å². The monoisotopic (exact) mass is 452 g/mol. The van der Waals surface area contributed by atoms with Gasteiger partial charge in [-0.05, 0) is 47.9 Å². The molecule has 3 amide bonds. The van der Waals surface area contributed by atoms with Gasteiger partial charge in [0, 0.05) is 41.7 Å². The first kappa shape index (κ1) is 20.4. The van der Waals surface area contributed by atoms with Crippen molar-refractivity contribution < 1.29 is 18.8 Å². The average molecular weight is 453 g/mol. The Balaban J connectivity index is 1.51. The van der Waals surface area contributed by atoms with E-state index in [4.69, 9.17) is 11.6 Å². The van der Waals surface area contributed by atoms with Crippen LogP contribution in [0.25, 0.3) is 22.4 Å². The molecule has 9 heteroatoms. The van der Waals surface area contributed by atoms with Gasteiger partial charge >= 0.3 is 0 Å². The van der Waals surface area contributed by atoms with Crippen molar-refractivity contribution in [2.75, 3.05) is 0 Å². The number of halogens is 2. The molecule has 0 spiro atoms. The summed E-state index contributed by atoms with van der Waals surface area (Å²) in [5.74, 6) is -1.47. The first-order valence-electron chi connectivity index (χ1n) is 10.1. The van der Waals surface area contributed by atoms with E-state index in [-0.39, 0.29) is 24.8 Å². The summed E-state index contributed by atoms with van der Waals surface area (Å²) in [6, 6.07) is 9.19. The number of aryl methyl sites for hydroxylation is 1. The Bertz CT molecular complexity index is 1300. The molecule has 1 fully saturated rings. The molecule has 1 saturated heterocycles. The minimum absolute atomic E-state index is 0.202. The average Bonchev–Trinajstić information content (AvgIpc) is 3.28. The van der Waals surface area contributed by atoms with Gasteiger partial charge in [-0.3, -0.25) is 24.4 Å². The molecule has 3 heterocycles. The number of piperidine rings is 1. The first-order valence-corrected chi connectivity index (χ1v) is 10.5. The number of imide groups is 1. The number of amides is 3. The second-order valence-corrected chi connectivity index (χ2v) is 8.36. The van der Waals surface area contributed by atoms with Crippen LogP contribution in [0.2, 0.25) is 5.02 Å². The fraction of sp³-hybridized carbons (Fsp3) is 0.217. The zero-order valence-corrected chi connectivity index (χ0v) is 17.8. The Morgan fingerprint density at radius 1 is 1.09 bits per heavy atom. The number of carbonyl (C=O) groups is 3. The van der Waals surface area contributed by atoms with Crippen LogP contribution < -0.4 is 5.32 Å². The van der Waals surface area contributed by atoms with Crippen LogP contribution in [0.3, 0.4) is 0 Å². The van der Waals surface area contributed by atoms with E-state index < -0.39 is 17.8 Å². The SMILES string of the molecule is Cn1ncc(-c2ccc3c(c2)CN(C2CCC(=O)NC2=O)C3=O)c1-c1ccc(Cl)cc1F. The van der Waals surface area contributed by atoms with E-state index >= 15 is 0 Å². The molecule has 1 N–H and O–H groups in total. The standard InChI is InChI=1S/C23H18ClFN4O3/c1-28-21(16-5-3-14(24)9-18(16)25)17(10-26-28)12-2-4-15-13(8-12)11-29(23(15)32)19-6-7-20(30)27-22(19)31/h2-5,8-10,19H,6-7,11H2,1H3,(H,27,30,31). The molecular weight excluding hydrogens is 435 g/mol. The highest BCUT2D eigenvalue weighted by Gasteiger charge is 2.39. The fourth-order valence-electron chi connectivity index (χ4n) is 4.39. The lowest BCUT2D eigenvalue weighted by atomic mass is 9.98. The molecule has 0 aliphatic carbocycles. The summed E-state index contributed by atoms with van der Waals surface area (Å²) in [7, 11) is 1.73. The minimum Gasteiger partial charge on any atom is -0.322 e. The van der Waals surface area contributed by atoms with E-state index in [1.165, 1.54) is 11.0 Å². The topological polar surface area (TPSA) is 84.3 Å². The number of rotatable bonds is 3. The molecule has 5 rings (SSSR count). The summed E-state index contributed by atoms with van der Waals surface area (Å²) < 4.78 is 16.2. The quantitative estimate of drug-likeness (QED) is 0.618. The van der Waals surface area contributed by atoms with Crippen molar-refractivity contribution in [3.8, 4) is 22.4 Å². The molecule has 2 aliphatic rings. The minimum atomic E-state index is -0.673. The number of nitrogens with zero attached hydrogens (tertiary/aromatic N) is 3. The predicted octanol–water partition coefficient (Wildman–Crippen LogP) is 3.31. The number of aromatic nitrogens is 2. The third-order valence-corrected chi connectivity index (χ3v) is 6.19. The highest BCUT2D eigenvalue weighted by molar-refractivity contribution is 6.30. The number of nitrogens with one attached hydrogen (secondary N) is 1. The lowest BCUT2D eigenvalue weighted by molar-refractivity contribution is -0.136. The number of benzene rings is 2. The summed E-state index contributed by atoms with van der Waals surface area (Å²) in [4.78, 5) is 38.1. The maximum atomic E-state index is 14.6. The Labute approximate surface area is 187 Å². The highest BCUT2D eigenvalue weighted by Crippen LogP contribution is 2.37. The van der Waals surface area contributed by atoms with Crippen LogP contribution in [0.5, 0.6) is 0 Å². The molecule has 3 aromatic rings. The zero-order valence-electron chi connectivity index (χ0n) is 17.1. The van der Waals surface area contributed by atoms with E-state index in [0.717, 1.165) is 11.1 Å². The van der Waals surface area contributed by atoms with Gasteiger partial charge in [-0.2, -0.15) is 5.10 Å². The third kappa shape index (κ3) is 3.27.